The van der Waals surface area contributed by atoms with Gasteiger partial charge in [0, 0.05) is 30.1 Å². The molecule has 0 bridgehead atoms. The molecule has 2 N–H and O–H groups in total. The molecule has 2 heterocycles. The van der Waals surface area contributed by atoms with Crippen LogP contribution in [-0.2, 0) is 0 Å². The Hall–Kier alpha value is -0.970. The Morgan fingerprint density at radius 1 is 1.47 bits per heavy atom. The molecule has 4 nitrogen and oxygen atoms in total. The van der Waals surface area contributed by atoms with E-state index in [2.05, 4.69) is 32.4 Å². The lowest BCUT2D eigenvalue weighted by atomic mass is 10.2. The molecule has 2 rings (SSSR count). The van der Waals surface area contributed by atoms with E-state index in [0.29, 0.717) is 5.95 Å². The van der Waals surface area contributed by atoms with Gasteiger partial charge >= 0.3 is 0 Å². The predicted octanol–water partition coefficient (Wildman–Crippen LogP) is 2.52. The van der Waals surface area contributed by atoms with E-state index in [1.165, 1.54) is 18.6 Å². The van der Waals surface area contributed by atoms with Gasteiger partial charge in [0.1, 0.15) is 5.82 Å². The summed E-state index contributed by atoms with van der Waals surface area (Å²) in [6, 6.07) is 0. The second kappa shape index (κ2) is 6.10. The van der Waals surface area contributed by atoms with Crippen LogP contribution in [0.5, 0.6) is 0 Å². The molecule has 1 unspecified atom stereocenters. The summed E-state index contributed by atoms with van der Waals surface area (Å²) >= 11 is 2.06. The molecule has 1 aromatic rings. The van der Waals surface area contributed by atoms with Crippen LogP contribution in [0, 0.1) is 6.92 Å². The Morgan fingerprint density at radius 2 is 2.35 bits per heavy atom. The second-order valence-corrected chi connectivity index (χ2v) is 5.68. The topological polar surface area (TPSA) is 49.8 Å². The molecular weight excluding hydrogens is 232 g/mol. The van der Waals surface area contributed by atoms with Crippen molar-refractivity contribution < 1.29 is 0 Å². The molecule has 5 heteroatoms. The fourth-order valence-electron chi connectivity index (χ4n) is 1.88. The molecule has 0 aliphatic carbocycles. The third-order valence-corrected chi connectivity index (χ3v) is 4.23. The standard InChI is InChI=1S/C12H20N4S/c1-3-13-12-15-7-9(2)11(16-12)14-8-10-5-4-6-17-10/h7,10H,3-6,8H2,1-2H3,(H2,13,14,15,16). The Balaban J connectivity index is 1.95. The van der Waals surface area contributed by atoms with E-state index in [0.717, 1.165) is 29.7 Å². The summed E-state index contributed by atoms with van der Waals surface area (Å²) in [6.07, 6.45) is 4.54. The number of aryl methyl sites for hydroxylation is 1. The molecule has 17 heavy (non-hydrogen) atoms. The first-order chi connectivity index (χ1) is 8.29. The maximum absolute atomic E-state index is 4.48. The highest BCUT2D eigenvalue weighted by Gasteiger charge is 2.15. The van der Waals surface area contributed by atoms with Crippen LogP contribution in [0.25, 0.3) is 0 Å². The van der Waals surface area contributed by atoms with Gasteiger partial charge < -0.3 is 10.6 Å². The van der Waals surface area contributed by atoms with Crippen LogP contribution < -0.4 is 10.6 Å². The first-order valence-corrected chi connectivity index (χ1v) is 7.27. The monoisotopic (exact) mass is 252 g/mol. The molecule has 1 aromatic heterocycles. The zero-order valence-electron chi connectivity index (χ0n) is 10.5. The van der Waals surface area contributed by atoms with Gasteiger partial charge in [-0.1, -0.05) is 0 Å². The van der Waals surface area contributed by atoms with Gasteiger partial charge in [-0.15, -0.1) is 0 Å². The molecular formula is C12H20N4S. The number of aromatic nitrogens is 2. The fraction of sp³-hybridized carbons (Fsp3) is 0.667. The van der Waals surface area contributed by atoms with Crippen LogP contribution in [0.1, 0.15) is 25.3 Å². The molecule has 0 amide bonds. The zero-order chi connectivity index (χ0) is 12.1. The highest BCUT2D eigenvalue weighted by atomic mass is 32.2. The van der Waals surface area contributed by atoms with E-state index in [-0.39, 0.29) is 0 Å². The maximum Gasteiger partial charge on any atom is 0.224 e. The normalized spacial score (nSPS) is 19.3. The molecule has 94 valence electrons. The highest BCUT2D eigenvalue weighted by Crippen LogP contribution is 2.26. The van der Waals surface area contributed by atoms with Crippen LogP contribution in [0.3, 0.4) is 0 Å². The first-order valence-electron chi connectivity index (χ1n) is 6.22. The van der Waals surface area contributed by atoms with E-state index < -0.39 is 0 Å². The number of hydrogen-bond donors (Lipinski definition) is 2. The largest absolute Gasteiger partial charge is 0.369 e. The number of anilines is 2. The maximum atomic E-state index is 4.48. The minimum absolute atomic E-state index is 0.708. The number of nitrogens with one attached hydrogen (secondary N) is 2. The summed E-state index contributed by atoms with van der Waals surface area (Å²) in [5, 5.41) is 7.32. The molecule has 1 aliphatic heterocycles. The van der Waals surface area contributed by atoms with Crippen molar-refractivity contribution in [2.75, 3.05) is 29.5 Å². The number of hydrogen-bond acceptors (Lipinski definition) is 5. The van der Waals surface area contributed by atoms with Crippen LogP contribution in [-0.4, -0.2) is 34.1 Å². The zero-order valence-corrected chi connectivity index (χ0v) is 11.3. The van der Waals surface area contributed by atoms with E-state index >= 15 is 0 Å². The van der Waals surface area contributed by atoms with Crippen molar-refractivity contribution in [2.45, 2.75) is 31.9 Å². The summed E-state index contributed by atoms with van der Waals surface area (Å²) in [5.41, 5.74) is 1.11. The summed E-state index contributed by atoms with van der Waals surface area (Å²) < 4.78 is 0. The van der Waals surface area contributed by atoms with E-state index in [4.69, 9.17) is 0 Å². The Labute approximate surface area is 107 Å². The average molecular weight is 252 g/mol. The smallest absolute Gasteiger partial charge is 0.224 e. The lowest BCUT2D eigenvalue weighted by Gasteiger charge is -2.13. The van der Waals surface area contributed by atoms with Crippen LogP contribution in [0.4, 0.5) is 11.8 Å². The van der Waals surface area contributed by atoms with Crippen molar-refractivity contribution >= 4 is 23.5 Å². The predicted molar refractivity (Wildman–Crippen MR) is 74.9 cm³/mol. The van der Waals surface area contributed by atoms with Crippen molar-refractivity contribution in [3.05, 3.63) is 11.8 Å². The Kier molecular flexibility index (Phi) is 4.48. The molecule has 0 radical (unpaired) electrons. The van der Waals surface area contributed by atoms with E-state index in [9.17, 15) is 0 Å². The second-order valence-electron chi connectivity index (χ2n) is 4.27. The number of nitrogens with zero attached hydrogens (tertiary/aromatic N) is 2. The Morgan fingerprint density at radius 3 is 3.06 bits per heavy atom. The van der Waals surface area contributed by atoms with Crippen LogP contribution in [0.15, 0.2) is 6.20 Å². The van der Waals surface area contributed by atoms with E-state index in [1.807, 2.05) is 20.0 Å². The minimum Gasteiger partial charge on any atom is -0.369 e. The molecule has 0 spiro atoms. The lowest BCUT2D eigenvalue weighted by molar-refractivity contribution is 0.802. The van der Waals surface area contributed by atoms with E-state index in [1.54, 1.807) is 0 Å². The van der Waals surface area contributed by atoms with Gasteiger partial charge in [-0.05, 0) is 32.4 Å². The molecule has 1 aliphatic rings. The average Bonchev–Trinajstić information content (AvgIpc) is 2.83. The third kappa shape index (κ3) is 3.49. The quantitative estimate of drug-likeness (QED) is 0.843. The SMILES string of the molecule is CCNc1ncc(C)c(NCC2CCCS2)n1. The van der Waals surface area contributed by atoms with Crippen molar-refractivity contribution in [1.29, 1.82) is 0 Å². The summed E-state index contributed by atoms with van der Waals surface area (Å²) in [6.45, 7) is 5.94. The van der Waals surface area contributed by atoms with Crippen molar-refractivity contribution in [3.63, 3.8) is 0 Å². The highest BCUT2D eigenvalue weighted by molar-refractivity contribution is 8.00. The van der Waals surface area contributed by atoms with Gasteiger partial charge in [0.05, 0.1) is 0 Å². The third-order valence-electron chi connectivity index (χ3n) is 2.83. The van der Waals surface area contributed by atoms with Crippen LogP contribution in [0.2, 0.25) is 0 Å². The number of thioether (sulfide) groups is 1. The minimum atomic E-state index is 0.708. The lowest BCUT2D eigenvalue weighted by Crippen LogP contribution is -2.16. The number of rotatable bonds is 5. The van der Waals surface area contributed by atoms with Gasteiger partial charge in [0.25, 0.3) is 0 Å². The van der Waals surface area contributed by atoms with Gasteiger partial charge in [0.2, 0.25) is 5.95 Å². The Bertz CT molecular complexity index is 364. The van der Waals surface area contributed by atoms with Gasteiger partial charge in [0.15, 0.2) is 0 Å². The fourth-order valence-corrected chi connectivity index (χ4v) is 3.08. The molecule has 1 atom stereocenters. The van der Waals surface area contributed by atoms with Gasteiger partial charge in [-0.3, -0.25) is 0 Å². The molecule has 1 saturated heterocycles. The summed E-state index contributed by atoms with van der Waals surface area (Å²) in [5.74, 6) is 2.97. The molecule has 1 fully saturated rings. The van der Waals surface area contributed by atoms with Gasteiger partial charge in [-0.25, -0.2) is 4.98 Å². The summed E-state index contributed by atoms with van der Waals surface area (Å²) in [4.78, 5) is 8.72. The van der Waals surface area contributed by atoms with Crippen molar-refractivity contribution in [2.24, 2.45) is 0 Å². The van der Waals surface area contributed by atoms with Crippen LogP contribution >= 0.6 is 11.8 Å². The molecule has 0 aromatic carbocycles. The van der Waals surface area contributed by atoms with Crippen molar-refractivity contribution in [1.82, 2.24) is 9.97 Å². The first kappa shape index (κ1) is 12.5. The van der Waals surface area contributed by atoms with Crippen molar-refractivity contribution in [3.8, 4) is 0 Å². The summed E-state index contributed by atoms with van der Waals surface area (Å²) in [7, 11) is 0. The molecule has 0 saturated carbocycles. The van der Waals surface area contributed by atoms with Gasteiger partial charge in [-0.2, -0.15) is 16.7 Å².